The summed E-state index contributed by atoms with van der Waals surface area (Å²) in [5.74, 6) is 0. The van der Waals surface area contributed by atoms with Gasteiger partial charge in [-0.3, -0.25) is 4.98 Å². The second-order valence-corrected chi connectivity index (χ2v) is 4.22. The van der Waals surface area contributed by atoms with E-state index in [-0.39, 0.29) is 0 Å². The molecule has 0 unspecified atom stereocenters. The summed E-state index contributed by atoms with van der Waals surface area (Å²) in [6.45, 7) is 3.63. The molecule has 1 heterocycles. The molecule has 18 heavy (non-hydrogen) atoms. The highest BCUT2D eigenvalue weighted by Crippen LogP contribution is 2.06. The molecule has 0 spiro atoms. The number of hydrogen-bond donors (Lipinski definition) is 1. The molecule has 0 amide bonds. The lowest BCUT2D eigenvalue weighted by Crippen LogP contribution is -2.13. The molecule has 0 aliphatic rings. The Morgan fingerprint density at radius 3 is 2.94 bits per heavy atom. The van der Waals surface area contributed by atoms with E-state index < -0.39 is 0 Å². The largest absolute Gasteiger partial charge is 0.309 e. The van der Waals surface area contributed by atoms with Crippen LogP contribution in [-0.2, 0) is 13.1 Å². The zero-order valence-electron chi connectivity index (χ0n) is 10.4. The lowest BCUT2D eigenvalue weighted by atomic mass is 10.1. The minimum Gasteiger partial charge on any atom is -0.309 e. The fourth-order valence-electron chi connectivity index (χ4n) is 1.79. The van der Waals surface area contributed by atoms with Crippen molar-refractivity contribution in [1.82, 2.24) is 10.3 Å². The van der Waals surface area contributed by atoms with Gasteiger partial charge in [0.05, 0.1) is 11.6 Å². The molecule has 90 valence electrons. The van der Waals surface area contributed by atoms with E-state index in [0.717, 1.165) is 18.7 Å². The average Bonchev–Trinajstić information content (AvgIpc) is 2.41. The van der Waals surface area contributed by atoms with Gasteiger partial charge < -0.3 is 5.32 Å². The van der Waals surface area contributed by atoms with Crippen LogP contribution >= 0.6 is 0 Å². The lowest BCUT2D eigenvalue weighted by Gasteiger charge is -2.07. The Bertz CT molecular complexity index is 570. The minimum absolute atomic E-state index is 0.703. The van der Waals surface area contributed by atoms with Crippen molar-refractivity contribution in [3.05, 3.63) is 65.0 Å². The maximum Gasteiger partial charge on any atom is 0.0991 e. The summed E-state index contributed by atoms with van der Waals surface area (Å²) in [7, 11) is 0. The number of nitrogens with one attached hydrogen (secondary N) is 1. The Labute approximate surface area is 107 Å². The van der Waals surface area contributed by atoms with Gasteiger partial charge in [0.15, 0.2) is 0 Å². The van der Waals surface area contributed by atoms with Crippen molar-refractivity contribution in [2.24, 2.45) is 0 Å². The summed E-state index contributed by atoms with van der Waals surface area (Å²) in [5.41, 5.74) is 4.27. The first-order valence-electron chi connectivity index (χ1n) is 5.89. The van der Waals surface area contributed by atoms with Gasteiger partial charge in [0.1, 0.15) is 0 Å². The highest BCUT2D eigenvalue weighted by Gasteiger charge is 1.98. The second kappa shape index (κ2) is 5.95. The molecule has 0 atom stereocenters. The smallest absolute Gasteiger partial charge is 0.0991 e. The third-order valence-corrected chi connectivity index (χ3v) is 2.84. The number of aryl methyl sites for hydroxylation is 1. The van der Waals surface area contributed by atoms with Gasteiger partial charge in [-0.15, -0.1) is 0 Å². The summed E-state index contributed by atoms with van der Waals surface area (Å²) in [5, 5.41) is 12.2. The number of pyridine rings is 1. The Morgan fingerprint density at radius 1 is 1.28 bits per heavy atom. The molecular weight excluding hydrogens is 222 g/mol. The fraction of sp³-hybridized carbons (Fsp3) is 0.200. The Hall–Kier alpha value is -2.18. The molecule has 1 N–H and O–H groups in total. The summed E-state index contributed by atoms with van der Waals surface area (Å²) in [4.78, 5) is 4.07. The van der Waals surface area contributed by atoms with Crippen LogP contribution in [0.5, 0.6) is 0 Å². The van der Waals surface area contributed by atoms with Crippen LogP contribution in [0.3, 0.4) is 0 Å². The molecule has 0 radical (unpaired) electrons. The summed E-state index contributed by atoms with van der Waals surface area (Å²) in [6, 6.07) is 11.8. The molecule has 0 aliphatic heterocycles. The van der Waals surface area contributed by atoms with Gasteiger partial charge >= 0.3 is 0 Å². The molecule has 1 aromatic heterocycles. The summed E-state index contributed by atoms with van der Waals surface area (Å²) in [6.07, 6.45) is 3.67. The normalized spacial score (nSPS) is 10.0. The van der Waals surface area contributed by atoms with Crippen LogP contribution in [0.2, 0.25) is 0 Å². The van der Waals surface area contributed by atoms with Crippen molar-refractivity contribution in [3.8, 4) is 6.07 Å². The van der Waals surface area contributed by atoms with Gasteiger partial charge in [-0.05, 0) is 41.8 Å². The number of benzene rings is 1. The SMILES string of the molecule is Cc1cnccc1CNCc1cccc(C#N)c1. The molecule has 0 fully saturated rings. The van der Waals surface area contributed by atoms with Gasteiger partial charge in [-0.1, -0.05) is 12.1 Å². The van der Waals surface area contributed by atoms with Crippen LogP contribution in [-0.4, -0.2) is 4.98 Å². The maximum absolute atomic E-state index is 8.82. The average molecular weight is 237 g/mol. The van der Waals surface area contributed by atoms with Crippen molar-refractivity contribution in [3.63, 3.8) is 0 Å². The van der Waals surface area contributed by atoms with Gasteiger partial charge in [-0.25, -0.2) is 0 Å². The highest BCUT2D eigenvalue weighted by molar-refractivity contribution is 5.32. The van der Waals surface area contributed by atoms with Gasteiger partial charge in [0, 0.05) is 25.5 Å². The standard InChI is InChI=1S/C15H15N3/c1-12-9-17-6-5-15(12)11-18-10-14-4-2-3-13(7-14)8-16/h2-7,9,18H,10-11H2,1H3. The molecule has 0 aliphatic carbocycles. The van der Waals surface area contributed by atoms with Crippen LogP contribution in [0.1, 0.15) is 22.3 Å². The molecule has 3 nitrogen and oxygen atoms in total. The van der Waals surface area contributed by atoms with Crippen LogP contribution < -0.4 is 5.32 Å². The molecule has 0 bridgehead atoms. The zero-order valence-corrected chi connectivity index (χ0v) is 10.4. The molecule has 2 rings (SSSR count). The van der Waals surface area contributed by atoms with Gasteiger partial charge in [0.2, 0.25) is 0 Å². The van der Waals surface area contributed by atoms with Crippen molar-refractivity contribution < 1.29 is 0 Å². The van der Waals surface area contributed by atoms with E-state index in [1.165, 1.54) is 11.1 Å². The first kappa shape index (κ1) is 12.3. The van der Waals surface area contributed by atoms with Crippen LogP contribution in [0.15, 0.2) is 42.7 Å². The van der Waals surface area contributed by atoms with Crippen LogP contribution in [0.4, 0.5) is 0 Å². The lowest BCUT2D eigenvalue weighted by molar-refractivity contribution is 0.689. The third-order valence-electron chi connectivity index (χ3n) is 2.84. The molecule has 0 saturated carbocycles. The molecule has 3 heteroatoms. The van der Waals surface area contributed by atoms with Gasteiger partial charge in [-0.2, -0.15) is 5.26 Å². The topological polar surface area (TPSA) is 48.7 Å². The molecule has 2 aromatic rings. The van der Waals surface area contributed by atoms with Crippen molar-refractivity contribution in [2.75, 3.05) is 0 Å². The highest BCUT2D eigenvalue weighted by atomic mass is 14.8. The quantitative estimate of drug-likeness (QED) is 0.889. The predicted molar refractivity (Wildman–Crippen MR) is 70.7 cm³/mol. The minimum atomic E-state index is 0.703. The van der Waals surface area contributed by atoms with Crippen molar-refractivity contribution >= 4 is 0 Å². The van der Waals surface area contributed by atoms with E-state index in [2.05, 4.69) is 23.3 Å². The molecular formula is C15H15N3. The van der Waals surface area contributed by atoms with E-state index >= 15 is 0 Å². The Balaban J connectivity index is 1.93. The number of aromatic nitrogens is 1. The first-order chi connectivity index (χ1) is 8.79. The summed E-state index contributed by atoms with van der Waals surface area (Å²) < 4.78 is 0. The maximum atomic E-state index is 8.82. The number of nitriles is 1. The van der Waals surface area contributed by atoms with E-state index in [1.54, 1.807) is 6.20 Å². The van der Waals surface area contributed by atoms with Gasteiger partial charge in [0.25, 0.3) is 0 Å². The first-order valence-corrected chi connectivity index (χ1v) is 5.89. The zero-order chi connectivity index (χ0) is 12.8. The summed E-state index contributed by atoms with van der Waals surface area (Å²) >= 11 is 0. The second-order valence-electron chi connectivity index (χ2n) is 4.22. The fourth-order valence-corrected chi connectivity index (χ4v) is 1.79. The number of rotatable bonds is 4. The van der Waals surface area contributed by atoms with Crippen LogP contribution in [0.25, 0.3) is 0 Å². The monoisotopic (exact) mass is 237 g/mol. The van der Waals surface area contributed by atoms with E-state index in [4.69, 9.17) is 5.26 Å². The van der Waals surface area contributed by atoms with E-state index in [1.807, 2.05) is 36.5 Å². The van der Waals surface area contributed by atoms with Crippen molar-refractivity contribution in [2.45, 2.75) is 20.0 Å². The molecule has 0 saturated heterocycles. The van der Waals surface area contributed by atoms with Crippen LogP contribution in [0, 0.1) is 18.3 Å². The van der Waals surface area contributed by atoms with E-state index in [0.29, 0.717) is 5.56 Å². The molecule has 1 aromatic carbocycles. The Morgan fingerprint density at radius 2 is 2.17 bits per heavy atom. The number of nitrogens with zero attached hydrogens (tertiary/aromatic N) is 2. The van der Waals surface area contributed by atoms with E-state index in [9.17, 15) is 0 Å². The number of hydrogen-bond acceptors (Lipinski definition) is 3. The predicted octanol–water partition coefficient (Wildman–Crippen LogP) is 2.55. The van der Waals surface area contributed by atoms with Crippen molar-refractivity contribution in [1.29, 1.82) is 5.26 Å². The third kappa shape index (κ3) is 3.16. The Kier molecular flexibility index (Phi) is 4.06.